The summed E-state index contributed by atoms with van der Waals surface area (Å²) in [5, 5.41) is 12.9. The second-order valence-electron chi connectivity index (χ2n) is 5.51. The first-order valence-corrected chi connectivity index (χ1v) is 8.40. The Morgan fingerprint density at radius 1 is 1.29 bits per heavy atom. The van der Waals surface area contributed by atoms with Gasteiger partial charge in [-0.1, -0.05) is 13.8 Å². The molecule has 0 radical (unpaired) electrons. The monoisotopic (exact) mass is 316 g/mol. The van der Waals surface area contributed by atoms with E-state index in [9.17, 15) is 5.11 Å². The molecule has 0 saturated carbocycles. The van der Waals surface area contributed by atoms with Gasteiger partial charge in [0, 0.05) is 31.0 Å². The first-order chi connectivity index (χ1) is 10.1. The summed E-state index contributed by atoms with van der Waals surface area (Å²) < 4.78 is 10.9. The molecular formula is C15H28N2O3S. The summed E-state index contributed by atoms with van der Waals surface area (Å²) in [6.45, 7) is 9.99. The average Bonchev–Trinajstić information content (AvgIpc) is 2.84. The standard InChI is InChI=1S/C15H28N2O3S/c1-12(2)9-20-7-5-16-8-14(18)10-19-6-4-15-13(3)17-11-21-15/h11-12,14,16,18H,4-10H2,1-3H3. The van der Waals surface area contributed by atoms with Crippen molar-refractivity contribution in [3.05, 3.63) is 16.1 Å². The van der Waals surface area contributed by atoms with Crippen molar-refractivity contribution >= 4 is 11.3 Å². The number of rotatable bonds is 12. The summed E-state index contributed by atoms with van der Waals surface area (Å²) in [4.78, 5) is 5.45. The lowest BCUT2D eigenvalue weighted by Gasteiger charge is -2.13. The minimum Gasteiger partial charge on any atom is -0.389 e. The van der Waals surface area contributed by atoms with Crippen molar-refractivity contribution in [2.24, 2.45) is 5.92 Å². The zero-order chi connectivity index (χ0) is 15.5. The van der Waals surface area contributed by atoms with Crippen LogP contribution in [0.25, 0.3) is 0 Å². The lowest BCUT2D eigenvalue weighted by atomic mass is 10.2. The fourth-order valence-corrected chi connectivity index (χ4v) is 2.50. The van der Waals surface area contributed by atoms with Gasteiger partial charge in [-0.05, 0) is 12.8 Å². The summed E-state index contributed by atoms with van der Waals surface area (Å²) in [6.07, 6.45) is 0.386. The SMILES string of the molecule is Cc1ncsc1CCOCC(O)CNCCOCC(C)C. The van der Waals surface area contributed by atoms with E-state index in [0.717, 1.165) is 25.3 Å². The van der Waals surface area contributed by atoms with Gasteiger partial charge in [0.15, 0.2) is 0 Å². The molecule has 1 unspecified atom stereocenters. The molecule has 21 heavy (non-hydrogen) atoms. The highest BCUT2D eigenvalue weighted by Gasteiger charge is 2.05. The van der Waals surface area contributed by atoms with E-state index in [0.29, 0.717) is 32.3 Å². The van der Waals surface area contributed by atoms with Gasteiger partial charge >= 0.3 is 0 Å². The third-order valence-electron chi connectivity index (χ3n) is 2.88. The second-order valence-corrected chi connectivity index (χ2v) is 6.45. The van der Waals surface area contributed by atoms with E-state index < -0.39 is 6.10 Å². The van der Waals surface area contributed by atoms with Crippen LogP contribution < -0.4 is 5.32 Å². The van der Waals surface area contributed by atoms with Crippen molar-refractivity contribution in [3.63, 3.8) is 0 Å². The summed E-state index contributed by atoms with van der Waals surface area (Å²) in [6, 6.07) is 0. The third-order valence-corrected chi connectivity index (χ3v) is 3.88. The van der Waals surface area contributed by atoms with Crippen LogP contribution in [0.4, 0.5) is 0 Å². The van der Waals surface area contributed by atoms with Crippen molar-refractivity contribution in [1.82, 2.24) is 10.3 Å². The van der Waals surface area contributed by atoms with Gasteiger partial charge in [-0.2, -0.15) is 0 Å². The van der Waals surface area contributed by atoms with Gasteiger partial charge < -0.3 is 19.9 Å². The van der Waals surface area contributed by atoms with E-state index in [4.69, 9.17) is 9.47 Å². The molecule has 0 aliphatic rings. The molecular weight excluding hydrogens is 288 g/mol. The first kappa shape index (κ1) is 18.5. The molecule has 122 valence electrons. The molecule has 0 bridgehead atoms. The Balaban J connectivity index is 1.92. The lowest BCUT2D eigenvalue weighted by Crippen LogP contribution is -2.32. The van der Waals surface area contributed by atoms with Crippen LogP contribution in [0.15, 0.2) is 5.51 Å². The number of aliphatic hydroxyl groups excluding tert-OH is 1. The van der Waals surface area contributed by atoms with Crippen LogP contribution in [-0.4, -0.2) is 55.7 Å². The van der Waals surface area contributed by atoms with E-state index in [-0.39, 0.29) is 0 Å². The molecule has 0 aliphatic heterocycles. The van der Waals surface area contributed by atoms with Crippen molar-refractivity contribution < 1.29 is 14.6 Å². The molecule has 0 saturated heterocycles. The number of aryl methyl sites for hydroxylation is 1. The Morgan fingerprint density at radius 3 is 2.71 bits per heavy atom. The zero-order valence-electron chi connectivity index (χ0n) is 13.3. The van der Waals surface area contributed by atoms with Crippen molar-refractivity contribution in [1.29, 1.82) is 0 Å². The Morgan fingerprint density at radius 2 is 2.05 bits per heavy atom. The number of thiazole rings is 1. The molecule has 1 aromatic heterocycles. The van der Waals surface area contributed by atoms with Crippen molar-refractivity contribution in [3.8, 4) is 0 Å². The first-order valence-electron chi connectivity index (χ1n) is 7.52. The Kier molecular flexibility index (Phi) is 9.78. The molecule has 0 amide bonds. The van der Waals surface area contributed by atoms with Gasteiger partial charge in [0.1, 0.15) is 0 Å². The fourth-order valence-electron chi connectivity index (χ4n) is 1.74. The van der Waals surface area contributed by atoms with Gasteiger partial charge in [0.05, 0.1) is 37.1 Å². The minimum absolute atomic E-state index is 0.359. The second kappa shape index (κ2) is 11.1. The average molecular weight is 316 g/mol. The van der Waals surface area contributed by atoms with Gasteiger partial charge in [0.25, 0.3) is 0 Å². The highest BCUT2D eigenvalue weighted by atomic mass is 32.1. The fraction of sp³-hybridized carbons (Fsp3) is 0.800. The van der Waals surface area contributed by atoms with Crippen LogP contribution in [0.3, 0.4) is 0 Å². The van der Waals surface area contributed by atoms with Crippen LogP contribution >= 0.6 is 11.3 Å². The molecule has 0 aliphatic carbocycles. The number of hydrogen-bond donors (Lipinski definition) is 2. The number of nitrogens with zero attached hydrogens (tertiary/aromatic N) is 1. The molecule has 0 fully saturated rings. The molecule has 1 aromatic rings. The number of aliphatic hydroxyl groups is 1. The van der Waals surface area contributed by atoms with E-state index in [1.54, 1.807) is 11.3 Å². The molecule has 0 aromatic carbocycles. The van der Waals surface area contributed by atoms with E-state index >= 15 is 0 Å². The van der Waals surface area contributed by atoms with Crippen molar-refractivity contribution in [2.75, 3.05) is 39.5 Å². The zero-order valence-corrected chi connectivity index (χ0v) is 14.1. The quantitative estimate of drug-likeness (QED) is 0.574. The summed E-state index contributed by atoms with van der Waals surface area (Å²) in [5.74, 6) is 0.561. The van der Waals surface area contributed by atoms with Gasteiger partial charge in [-0.3, -0.25) is 0 Å². The topological polar surface area (TPSA) is 63.6 Å². The predicted molar refractivity (Wildman–Crippen MR) is 85.9 cm³/mol. The largest absolute Gasteiger partial charge is 0.389 e. The van der Waals surface area contributed by atoms with Crippen LogP contribution in [0.5, 0.6) is 0 Å². The van der Waals surface area contributed by atoms with Gasteiger partial charge in [-0.25, -0.2) is 4.98 Å². The normalized spacial score (nSPS) is 13.0. The predicted octanol–water partition coefficient (Wildman–Crippen LogP) is 1.63. The van der Waals surface area contributed by atoms with Gasteiger partial charge in [0.2, 0.25) is 0 Å². The number of nitrogens with one attached hydrogen (secondary N) is 1. The number of hydrogen-bond acceptors (Lipinski definition) is 6. The Labute approximate surface area is 131 Å². The maximum Gasteiger partial charge on any atom is 0.0897 e. The summed E-state index contributed by atoms with van der Waals surface area (Å²) in [7, 11) is 0. The molecule has 0 spiro atoms. The summed E-state index contributed by atoms with van der Waals surface area (Å²) in [5.41, 5.74) is 2.93. The van der Waals surface area contributed by atoms with Crippen LogP contribution in [0.2, 0.25) is 0 Å². The minimum atomic E-state index is -0.474. The smallest absolute Gasteiger partial charge is 0.0897 e. The number of ether oxygens (including phenoxy) is 2. The maximum atomic E-state index is 9.77. The van der Waals surface area contributed by atoms with E-state index in [1.807, 2.05) is 12.4 Å². The third kappa shape index (κ3) is 9.16. The molecule has 5 nitrogen and oxygen atoms in total. The lowest BCUT2D eigenvalue weighted by molar-refractivity contribution is 0.0367. The van der Waals surface area contributed by atoms with Gasteiger partial charge in [-0.15, -0.1) is 11.3 Å². The Hall–Kier alpha value is -0.530. The molecule has 6 heteroatoms. The number of aromatic nitrogens is 1. The van der Waals surface area contributed by atoms with Crippen LogP contribution in [-0.2, 0) is 15.9 Å². The van der Waals surface area contributed by atoms with E-state index in [2.05, 4.69) is 24.1 Å². The molecule has 1 atom stereocenters. The highest BCUT2D eigenvalue weighted by molar-refractivity contribution is 7.09. The molecule has 1 heterocycles. The molecule has 1 rings (SSSR count). The van der Waals surface area contributed by atoms with Crippen LogP contribution in [0.1, 0.15) is 24.4 Å². The molecule has 2 N–H and O–H groups in total. The summed E-state index contributed by atoms with van der Waals surface area (Å²) >= 11 is 1.65. The van der Waals surface area contributed by atoms with E-state index in [1.165, 1.54) is 4.88 Å². The maximum absolute atomic E-state index is 9.77. The highest BCUT2D eigenvalue weighted by Crippen LogP contribution is 2.12. The van der Waals surface area contributed by atoms with Crippen molar-refractivity contribution in [2.45, 2.75) is 33.3 Å². The Bertz CT molecular complexity index is 372. The van der Waals surface area contributed by atoms with Crippen LogP contribution in [0, 0.1) is 12.8 Å².